The van der Waals surface area contributed by atoms with Gasteiger partial charge in [-0.25, -0.2) is 14.6 Å². The third-order valence-corrected chi connectivity index (χ3v) is 5.16. The highest BCUT2D eigenvalue weighted by atomic mass is 32.1. The zero-order valence-electron chi connectivity index (χ0n) is 15.5. The van der Waals surface area contributed by atoms with Crippen LogP contribution in [0.15, 0.2) is 64.8 Å². The van der Waals surface area contributed by atoms with Gasteiger partial charge in [0, 0.05) is 11.6 Å². The van der Waals surface area contributed by atoms with Crippen LogP contribution in [0.1, 0.15) is 19.9 Å². The Morgan fingerprint density at radius 1 is 0.929 bits per heavy atom. The fraction of sp³-hybridized carbons (Fsp3) is 0.143. The van der Waals surface area contributed by atoms with Gasteiger partial charge in [-0.05, 0) is 31.4 Å². The van der Waals surface area contributed by atoms with Crippen LogP contribution in [0.2, 0.25) is 0 Å². The van der Waals surface area contributed by atoms with Gasteiger partial charge in [0.1, 0.15) is 22.8 Å². The van der Waals surface area contributed by atoms with Gasteiger partial charge in [0.2, 0.25) is 0 Å². The average molecular weight is 389 g/mol. The van der Waals surface area contributed by atoms with E-state index in [1.54, 1.807) is 17.4 Å². The second-order valence-electron chi connectivity index (χ2n) is 6.59. The summed E-state index contributed by atoms with van der Waals surface area (Å²) in [7, 11) is 0. The molecule has 2 N–H and O–H groups in total. The molecule has 0 amide bonds. The number of hydrogen-bond donors (Lipinski definition) is 1. The van der Waals surface area contributed by atoms with Crippen molar-refractivity contribution in [3.63, 3.8) is 0 Å². The summed E-state index contributed by atoms with van der Waals surface area (Å²) in [5, 5.41) is 6.52. The highest BCUT2D eigenvalue weighted by Gasteiger charge is 2.19. The Labute approximate surface area is 166 Å². The van der Waals surface area contributed by atoms with Crippen molar-refractivity contribution in [1.82, 2.24) is 19.7 Å². The number of benzene rings is 1. The summed E-state index contributed by atoms with van der Waals surface area (Å²) in [5.41, 5.74) is 9.43. The lowest BCUT2D eigenvalue weighted by Gasteiger charge is -2.14. The van der Waals surface area contributed by atoms with E-state index in [-0.39, 0.29) is 11.6 Å². The van der Waals surface area contributed by atoms with Crippen LogP contribution < -0.4 is 11.3 Å². The monoisotopic (exact) mass is 389 g/mol. The quantitative estimate of drug-likeness (QED) is 0.563. The highest BCUT2D eigenvalue weighted by molar-refractivity contribution is 7.13. The first-order chi connectivity index (χ1) is 13.5. The topological polar surface area (TPSA) is 86.7 Å². The Kier molecular flexibility index (Phi) is 4.75. The number of thiophene rings is 1. The van der Waals surface area contributed by atoms with Gasteiger partial charge >= 0.3 is 0 Å². The van der Waals surface area contributed by atoms with Crippen molar-refractivity contribution in [2.24, 2.45) is 0 Å². The molecule has 0 atom stereocenters. The molecule has 0 saturated carbocycles. The second kappa shape index (κ2) is 7.36. The van der Waals surface area contributed by atoms with Crippen molar-refractivity contribution < 1.29 is 0 Å². The van der Waals surface area contributed by atoms with Crippen molar-refractivity contribution in [3.8, 4) is 33.2 Å². The molecule has 3 heterocycles. The molecule has 28 heavy (non-hydrogen) atoms. The standard InChI is InChI=1S/C21H19N5OS/c1-13(2)26-17(27)11-10-15(25-26)19-18(14-7-4-3-5-8-14)24-21(22)20(23-19)16-9-6-12-28-16/h3-13H,1-2H3,(H2,22,24). The lowest BCUT2D eigenvalue weighted by molar-refractivity contribution is 0.504. The molecule has 1 aromatic carbocycles. The van der Waals surface area contributed by atoms with Crippen molar-refractivity contribution in [1.29, 1.82) is 0 Å². The number of hydrogen-bond acceptors (Lipinski definition) is 6. The molecular formula is C21H19N5OS. The predicted octanol–water partition coefficient (Wildman–Crippen LogP) is 4.26. The van der Waals surface area contributed by atoms with Crippen molar-refractivity contribution >= 4 is 17.2 Å². The van der Waals surface area contributed by atoms with Crippen LogP contribution in [-0.2, 0) is 0 Å². The lowest BCUT2D eigenvalue weighted by Crippen LogP contribution is -2.24. The Hall–Kier alpha value is -3.32. The van der Waals surface area contributed by atoms with E-state index in [9.17, 15) is 4.79 Å². The molecule has 0 fully saturated rings. The Bertz CT molecular complexity index is 1170. The minimum Gasteiger partial charge on any atom is -0.382 e. The van der Waals surface area contributed by atoms with Crippen LogP contribution in [0.3, 0.4) is 0 Å². The summed E-state index contributed by atoms with van der Waals surface area (Å²) in [6.45, 7) is 3.84. The van der Waals surface area contributed by atoms with Gasteiger partial charge in [-0.2, -0.15) is 5.10 Å². The van der Waals surface area contributed by atoms with Gasteiger partial charge in [-0.3, -0.25) is 4.79 Å². The van der Waals surface area contributed by atoms with Crippen LogP contribution in [0, 0.1) is 0 Å². The molecule has 7 heteroatoms. The number of anilines is 1. The van der Waals surface area contributed by atoms with Gasteiger partial charge in [0.25, 0.3) is 5.56 Å². The van der Waals surface area contributed by atoms with Crippen LogP contribution in [0.25, 0.3) is 33.2 Å². The smallest absolute Gasteiger partial charge is 0.267 e. The van der Waals surface area contributed by atoms with E-state index in [0.717, 1.165) is 10.4 Å². The molecule has 4 rings (SSSR count). The zero-order valence-corrected chi connectivity index (χ0v) is 16.4. The molecule has 0 spiro atoms. The molecule has 0 unspecified atom stereocenters. The molecule has 140 valence electrons. The minimum atomic E-state index is -0.151. The van der Waals surface area contributed by atoms with Crippen molar-refractivity contribution in [3.05, 3.63) is 70.3 Å². The maximum absolute atomic E-state index is 12.2. The van der Waals surface area contributed by atoms with E-state index in [1.165, 1.54) is 10.7 Å². The van der Waals surface area contributed by atoms with Crippen LogP contribution in [0.4, 0.5) is 5.82 Å². The molecule has 0 aliphatic carbocycles. The number of nitrogens with two attached hydrogens (primary N) is 1. The van der Waals surface area contributed by atoms with E-state index >= 15 is 0 Å². The van der Waals surface area contributed by atoms with Crippen molar-refractivity contribution in [2.75, 3.05) is 5.73 Å². The van der Waals surface area contributed by atoms with E-state index in [0.29, 0.717) is 28.6 Å². The molecule has 3 aromatic heterocycles. The largest absolute Gasteiger partial charge is 0.382 e. The highest BCUT2D eigenvalue weighted by Crippen LogP contribution is 2.34. The van der Waals surface area contributed by atoms with E-state index in [2.05, 4.69) is 10.1 Å². The average Bonchev–Trinajstić information content (AvgIpc) is 3.23. The number of aromatic nitrogens is 4. The van der Waals surface area contributed by atoms with Crippen LogP contribution >= 0.6 is 11.3 Å². The zero-order chi connectivity index (χ0) is 19.7. The lowest BCUT2D eigenvalue weighted by atomic mass is 10.1. The van der Waals surface area contributed by atoms with E-state index in [4.69, 9.17) is 10.7 Å². The molecule has 6 nitrogen and oxygen atoms in total. The van der Waals surface area contributed by atoms with Crippen LogP contribution in [-0.4, -0.2) is 19.7 Å². The van der Waals surface area contributed by atoms with Gasteiger partial charge in [0.15, 0.2) is 5.82 Å². The van der Waals surface area contributed by atoms with Gasteiger partial charge in [-0.1, -0.05) is 36.4 Å². The maximum atomic E-state index is 12.2. The molecule has 0 bridgehead atoms. The summed E-state index contributed by atoms with van der Waals surface area (Å²) in [6.07, 6.45) is 0. The summed E-state index contributed by atoms with van der Waals surface area (Å²) in [4.78, 5) is 22.6. The maximum Gasteiger partial charge on any atom is 0.267 e. The Balaban J connectivity index is 2.00. The first-order valence-electron chi connectivity index (χ1n) is 8.91. The summed E-state index contributed by atoms with van der Waals surface area (Å²) in [5.74, 6) is 0.363. The number of nitrogen functional groups attached to an aromatic ring is 1. The normalized spacial score (nSPS) is 11.1. The van der Waals surface area contributed by atoms with Crippen molar-refractivity contribution in [2.45, 2.75) is 19.9 Å². The molecule has 0 aliphatic rings. The van der Waals surface area contributed by atoms with Gasteiger partial charge in [-0.15, -0.1) is 11.3 Å². The first kappa shape index (κ1) is 18.1. The molecule has 0 aliphatic heterocycles. The van der Waals surface area contributed by atoms with E-state index < -0.39 is 0 Å². The number of nitrogens with zero attached hydrogens (tertiary/aromatic N) is 4. The fourth-order valence-corrected chi connectivity index (χ4v) is 3.66. The first-order valence-corrected chi connectivity index (χ1v) is 9.79. The summed E-state index contributed by atoms with van der Waals surface area (Å²) < 4.78 is 1.45. The molecule has 0 saturated heterocycles. The molecule has 0 radical (unpaired) electrons. The molecular weight excluding hydrogens is 370 g/mol. The number of rotatable bonds is 4. The summed E-state index contributed by atoms with van der Waals surface area (Å²) >= 11 is 1.55. The van der Waals surface area contributed by atoms with Gasteiger partial charge in [0.05, 0.1) is 10.9 Å². The Morgan fingerprint density at radius 3 is 2.39 bits per heavy atom. The Morgan fingerprint density at radius 2 is 1.71 bits per heavy atom. The van der Waals surface area contributed by atoms with Crippen LogP contribution in [0.5, 0.6) is 0 Å². The fourth-order valence-electron chi connectivity index (χ4n) is 2.94. The summed E-state index contributed by atoms with van der Waals surface area (Å²) in [6, 6.07) is 16.8. The predicted molar refractivity (Wildman–Crippen MR) is 113 cm³/mol. The van der Waals surface area contributed by atoms with E-state index in [1.807, 2.05) is 61.7 Å². The molecule has 4 aromatic rings. The SMILES string of the molecule is CC(C)n1nc(-c2nc(-c3cccs3)c(N)nc2-c2ccccc2)ccc1=O. The van der Waals surface area contributed by atoms with Gasteiger partial charge < -0.3 is 5.73 Å². The second-order valence-corrected chi connectivity index (χ2v) is 7.54. The third-order valence-electron chi connectivity index (χ3n) is 4.28. The minimum absolute atomic E-state index is 0.0638. The third kappa shape index (κ3) is 3.32.